The second-order valence-electron chi connectivity index (χ2n) is 5.08. The maximum atomic E-state index is 12.4. The third kappa shape index (κ3) is 3.96. The normalized spacial score (nSPS) is 11.9. The molecule has 0 aliphatic rings. The minimum atomic E-state index is -0.337. The van der Waals surface area contributed by atoms with Crippen LogP contribution < -0.4 is 5.32 Å². The van der Waals surface area contributed by atoms with Gasteiger partial charge in [-0.25, -0.2) is 0 Å². The van der Waals surface area contributed by atoms with E-state index >= 15 is 0 Å². The minimum absolute atomic E-state index is 0.120. The summed E-state index contributed by atoms with van der Waals surface area (Å²) in [5.74, 6) is -0.120. The van der Waals surface area contributed by atoms with Crippen molar-refractivity contribution in [1.82, 2.24) is 14.8 Å². The highest BCUT2D eigenvalue weighted by Crippen LogP contribution is 2.25. The zero-order chi connectivity index (χ0) is 16.9. The first kappa shape index (κ1) is 16.5. The first-order valence-electron chi connectivity index (χ1n) is 7.32. The van der Waals surface area contributed by atoms with Crippen LogP contribution in [0.1, 0.15) is 6.92 Å². The van der Waals surface area contributed by atoms with E-state index < -0.39 is 0 Å². The molecule has 2 aromatic carbocycles. The number of hydrogen-bond donors (Lipinski definition) is 1. The SMILES string of the molecule is C[C@@H](Sc1nncn1-c1ccccc1)C(=O)Nc1cccc(Cl)c1. The number of nitrogens with zero attached hydrogens (tertiary/aromatic N) is 3. The second kappa shape index (κ2) is 7.51. The Morgan fingerprint density at radius 3 is 2.75 bits per heavy atom. The van der Waals surface area contributed by atoms with E-state index in [-0.39, 0.29) is 11.2 Å². The molecule has 1 atom stereocenters. The molecule has 1 heterocycles. The van der Waals surface area contributed by atoms with Crippen LogP contribution in [0.4, 0.5) is 5.69 Å². The standard InChI is InChI=1S/C17H15ClN4OS/c1-12(16(23)20-14-7-5-6-13(18)10-14)24-17-21-19-11-22(17)15-8-3-2-4-9-15/h2-12H,1H3,(H,20,23)/t12-/m1/s1. The van der Waals surface area contributed by atoms with Gasteiger partial charge in [-0.3, -0.25) is 9.36 Å². The van der Waals surface area contributed by atoms with E-state index in [0.29, 0.717) is 15.9 Å². The molecule has 0 aliphatic carbocycles. The van der Waals surface area contributed by atoms with Crippen molar-refractivity contribution in [2.75, 3.05) is 5.32 Å². The number of anilines is 1. The van der Waals surface area contributed by atoms with Gasteiger partial charge < -0.3 is 5.32 Å². The number of thioether (sulfide) groups is 1. The number of carbonyl (C=O) groups is 1. The fraction of sp³-hybridized carbons (Fsp3) is 0.118. The summed E-state index contributed by atoms with van der Waals surface area (Å²) in [5.41, 5.74) is 1.62. The van der Waals surface area contributed by atoms with Crippen molar-refractivity contribution in [1.29, 1.82) is 0 Å². The molecule has 7 heteroatoms. The van der Waals surface area contributed by atoms with Gasteiger partial charge in [0, 0.05) is 16.4 Å². The summed E-state index contributed by atoms with van der Waals surface area (Å²) in [5, 5.41) is 11.8. The van der Waals surface area contributed by atoms with Crippen LogP contribution in [0.5, 0.6) is 0 Å². The molecule has 5 nitrogen and oxygen atoms in total. The van der Waals surface area contributed by atoms with Crippen molar-refractivity contribution >= 4 is 35.0 Å². The summed E-state index contributed by atoms with van der Waals surface area (Å²) < 4.78 is 1.85. The Hall–Kier alpha value is -2.31. The summed E-state index contributed by atoms with van der Waals surface area (Å²) in [4.78, 5) is 12.4. The summed E-state index contributed by atoms with van der Waals surface area (Å²) >= 11 is 7.28. The lowest BCUT2D eigenvalue weighted by atomic mass is 10.3. The Bertz CT molecular complexity index is 837. The van der Waals surface area contributed by atoms with E-state index in [2.05, 4.69) is 15.5 Å². The van der Waals surface area contributed by atoms with Gasteiger partial charge in [-0.15, -0.1) is 10.2 Å². The van der Waals surface area contributed by atoms with Crippen molar-refractivity contribution < 1.29 is 4.79 Å². The van der Waals surface area contributed by atoms with Crippen LogP contribution in [0.25, 0.3) is 5.69 Å². The van der Waals surface area contributed by atoms with E-state index in [4.69, 9.17) is 11.6 Å². The van der Waals surface area contributed by atoms with Gasteiger partial charge >= 0.3 is 0 Å². The molecule has 0 aliphatic heterocycles. The van der Waals surface area contributed by atoms with Gasteiger partial charge in [0.25, 0.3) is 0 Å². The van der Waals surface area contributed by atoms with Crippen LogP contribution in [-0.4, -0.2) is 25.9 Å². The predicted molar refractivity (Wildman–Crippen MR) is 96.8 cm³/mol. The van der Waals surface area contributed by atoms with Gasteiger partial charge in [0.05, 0.1) is 5.25 Å². The molecule has 122 valence electrons. The molecule has 0 fully saturated rings. The Labute approximate surface area is 149 Å². The molecule has 0 saturated heterocycles. The Kier molecular flexibility index (Phi) is 5.17. The molecule has 1 N–H and O–H groups in total. The highest BCUT2D eigenvalue weighted by atomic mass is 35.5. The molecule has 0 spiro atoms. The van der Waals surface area contributed by atoms with Gasteiger partial charge in [-0.2, -0.15) is 0 Å². The average molecular weight is 359 g/mol. The third-order valence-corrected chi connectivity index (χ3v) is 4.59. The molecule has 0 bridgehead atoms. The highest BCUT2D eigenvalue weighted by molar-refractivity contribution is 8.00. The minimum Gasteiger partial charge on any atom is -0.325 e. The molecule has 24 heavy (non-hydrogen) atoms. The summed E-state index contributed by atoms with van der Waals surface area (Å²) in [6.45, 7) is 1.83. The van der Waals surface area contributed by atoms with E-state index in [9.17, 15) is 4.79 Å². The number of para-hydroxylation sites is 1. The van der Waals surface area contributed by atoms with Crippen molar-refractivity contribution in [3.05, 3.63) is 65.9 Å². The van der Waals surface area contributed by atoms with Crippen LogP contribution in [0.2, 0.25) is 5.02 Å². The van der Waals surface area contributed by atoms with Crippen molar-refractivity contribution in [2.24, 2.45) is 0 Å². The largest absolute Gasteiger partial charge is 0.325 e. The Balaban J connectivity index is 1.70. The van der Waals surface area contributed by atoms with Gasteiger partial charge in [-0.1, -0.05) is 47.6 Å². The Morgan fingerprint density at radius 2 is 2.00 bits per heavy atom. The summed E-state index contributed by atoms with van der Waals surface area (Å²) in [7, 11) is 0. The smallest absolute Gasteiger partial charge is 0.237 e. The first-order valence-corrected chi connectivity index (χ1v) is 8.58. The van der Waals surface area contributed by atoms with Crippen LogP contribution in [-0.2, 0) is 4.79 Å². The van der Waals surface area contributed by atoms with E-state index in [1.54, 1.807) is 30.6 Å². The van der Waals surface area contributed by atoms with Gasteiger partial charge in [-0.05, 0) is 37.3 Å². The number of aromatic nitrogens is 3. The summed E-state index contributed by atoms with van der Waals surface area (Å²) in [6, 6.07) is 16.8. The van der Waals surface area contributed by atoms with Crippen molar-refractivity contribution in [2.45, 2.75) is 17.3 Å². The predicted octanol–water partition coefficient (Wildman–Crippen LogP) is 4.04. The lowest BCUT2D eigenvalue weighted by Crippen LogP contribution is -2.22. The first-order chi connectivity index (χ1) is 11.6. The number of benzene rings is 2. The number of halogens is 1. The summed E-state index contributed by atoms with van der Waals surface area (Å²) in [6.07, 6.45) is 1.64. The van der Waals surface area contributed by atoms with E-state index in [0.717, 1.165) is 5.69 Å². The van der Waals surface area contributed by atoms with E-state index in [1.165, 1.54) is 11.8 Å². The fourth-order valence-electron chi connectivity index (χ4n) is 2.09. The molecule has 0 unspecified atom stereocenters. The maximum absolute atomic E-state index is 12.4. The van der Waals surface area contributed by atoms with E-state index in [1.807, 2.05) is 41.8 Å². The number of nitrogens with one attached hydrogen (secondary N) is 1. The lowest BCUT2D eigenvalue weighted by molar-refractivity contribution is -0.115. The van der Waals surface area contributed by atoms with Crippen molar-refractivity contribution in [3.8, 4) is 5.69 Å². The number of rotatable bonds is 5. The van der Waals surface area contributed by atoms with Gasteiger partial charge in [0.2, 0.25) is 5.91 Å². The molecule has 0 radical (unpaired) electrons. The van der Waals surface area contributed by atoms with Crippen LogP contribution >= 0.6 is 23.4 Å². The molecule has 1 aromatic heterocycles. The van der Waals surface area contributed by atoms with Gasteiger partial charge in [0.1, 0.15) is 6.33 Å². The zero-order valence-electron chi connectivity index (χ0n) is 12.9. The monoisotopic (exact) mass is 358 g/mol. The lowest BCUT2D eigenvalue weighted by Gasteiger charge is -2.12. The number of carbonyl (C=O) groups excluding carboxylic acids is 1. The van der Waals surface area contributed by atoms with Crippen LogP contribution in [0.3, 0.4) is 0 Å². The fourth-order valence-corrected chi connectivity index (χ4v) is 3.13. The maximum Gasteiger partial charge on any atom is 0.237 e. The highest BCUT2D eigenvalue weighted by Gasteiger charge is 2.18. The third-order valence-electron chi connectivity index (χ3n) is 3.29. The van der Waals surface area contributed by atoms with Gasteiger partial charge in [0.15, 0.2) is 5.16 Å². The molecular weight excluding hydrogens is 344 g/mol. The number of amides is 1. The zero-order valence-corrected chi connectivity index (χ0v) is 14.5. The Morgan fingerprint density at radius 1 is 1.21 bits per heavy atom. The molecule has 1 amide bonds. The topological polar surface area (TPSA) is 59.8 Å². The molecule has 3 aromatic rings. The average Bonchev–Trinajstić information content (AvgIpc) is 3.03. The van der Waals surface area contributed by atoms with Crippen LogP contribution in [0, 0.1) is 0 Å². The molecule has 3 rings (SSSR count). The number of hydrogen-bond acceptors (Lipinski definition) is 4. The van der Waals surface area contributed by atoms with Crippen molar-refractivity contribution in [3.63, 3.8) is 0 Å². The molecule has 0 saturated carbocycles. The molecular formula is C17H15ClN4OS. The quantitative estimate of drug-likeness (QED) is 0.699. The van der Waals surface area contributed by atoms with Crippen LogP contribution in [0.15, 0.2) is 66.1 Å². The second-order valence-corrected chi connectivity index (χ2v) is 6.82.